The third-order valence-corrected chi connectivity index (χ3v) is 2.07. The van der Waals surface area contributed by atoms with Gasteiger partial charge in [0.25, 0.3) is 0 Å². The average molecular weight is 224 g/mol. The Morgan fingerprint density at radius 2 is 2.42 bits per heavy atom. The zero-order valence-corrected chi connectivity index (χ0v) is 8.51. The van der Waals surface area contributed by atoms with Crippen molar-refractivity contribution in [3.63, 3.8) is 0 Å². The van der Waals surface area contributed by atoms with Gasteiger partial charge in [0.15, 0.2) is 0 Å². The summed E-state index contributed by atoms with van der Waals surface area (Å²) in [6.07, 6.45) is 5.47. The molecule has 2 heteroatoms. The second-order valence-corrected chi connectivity index (χ2v) is 3.35. The molecule has 0 spiro atoms. The van der Waals surface area contributed by atoms with Crippen LogP contribution in [0.25, 0.3) is 6.08 Å². The lowest BCUT2D eigenvalue weighted by Crippen LogP contribution is -1.84. The Morgan fingerprint density at radius 1 is 1.67 bits per heavy atom. The van der Waals surface area contributed by atoms with Crippen LogP contribution < -0.4 is 0 Å². The van der Waals surface area contributed by atoms with Gasteiger partial charge in [-0.3, -0.25) is 4.98 Å². The van der Waals surface area contributed by atoms with E-state index >= 15 is 0 Å². The molecule has 0 atom stereocenters. The van der Waals surface area contributed by atoms with Gasteiger partial charge in [-0.2, -0.15) is 0 Å². The first-order chi connectivity index (χ1) is 5.74. The van der Waals surface area contributed by atoms with Gasteiger partial charge in [0.05, 0.1) is 5.69 Å². The van der Waals surface area contributed by atoms with Crippen LogP contribution in [0.1, 0.15) is 11.3 Å². The van der Waals surface area contributed by atoms with Gasteiger partial charge in [0.2, 0.25) is 0 Å². The standard InChI is InChI=1S/C10H10BrN/c1-3-9(11)7-10-8(2)5-4-6-12-10/h3-7H,1H2,2H3/b9-7+. The number of allylic oxidation sites excluding steroid dienone is 2. The lowest BCUT2D eigenvalue weighted by Gasteiger charge is -1.97. The molecule has 1 heterocycles. The van der Waals surface area contributed by atoms with Gasteiger partial charge in [-0.15, -0.1) is 0 Å². The minimum atomic E-state index is 0.948. The molecule has 0 amide bonds. The number of hydrogen-bond donors (Lipinski definition) is 0. The van der Waals surface area contributed by atoms with Gasteiger partial charge < -0.3 is 0 Å². The molecule has 1 rings (SSSR count). The largest absolute Gasteiger partial charge is 0.257 e. The van der Waals surface area contributed by atoms with Crippen LogP contribution in [0.5, 0.6) is 0 Å². The smallest absolute Gasteiger partial charge is 0.0669 e. The van der Waals surface area contributed by atoms with Crippen LogP contribution >= 0.6 is 15.9 Å². The molecule has 0 radical (unpaired) electrons. The van der Waals surface area contributed by atoms with Gasteiger partial charge in [-0.25, -0.2) is 0 Å². The maximum absolute atomic E-state index is 4.21. The van der Waals surface area contributed by atoms with E-state index in [1.54, 1.807) is 12.3 Å². The molecular weight excluding hydrogens is 214 g/mol. The number of rotatable bonds is 2. The molecule has 0 N–H and O–H groups in total. The molecule has 0 aliphatic carbocycles. The molecule has 0 fully saturated rings. The summed E-state index contributed by atoms with van der Waals surface area (Å²) >= 11 is 3.35. The van der Waals surface area contributed by atoms with Crippen molar-refractivity contribution in [3.05, 3.63) is 46.7 Å². The normalized spacial score (nSPS) is 11.3. The predicted molar refractivity (Wildman–Crippen MR) is 56.1 cm³/mol. The molecule has 1 aromatic rings. The van der Waals surface area contributed by atoms with Crippen LogP contribution in [0.15, 0.2) is 35.5 Å². The zero-order chi connectivity index (χ0) is 8.97. The number of halogens is 1. The molecule has 0 unspecified atom stereocenters. The lowest BCUT2D eigenvalue weighted by atomic mass is 10.2. The van der Waals surface area contributed by atoms with E-state index in [1.165, 1.54) is 0 Å². The van der Waals surface area contributed by atoms with Crippen LogP contribution in [-0.2, 0) is 0 Å². The predicted octanol–water partition coefficient (Wildman–Crippen LogP) is 3.31. The first-order valence-electron chi connectivity index (χ1n) is 3.65. The summed E-state index contributed by atoms with van der Waals surface area (Å²) in [6, 6.07) is 3.96. The first-order valence-corrected chi connectivity index (χ1v) is 4.44. The monoisotopic (exact) mass is 223 g/mol. The SMILES string of the molecule is C=C/C(Br)=C\c1ncccc1C. The highest BCUT2D eigenvalue weighted by Crippen LogP contribution is 2.13. The van der Waals surface area contributed by atoms with Gasteiger partial charge in [-0.1, -0.05) is 34.7 Å². The summed E-state index contributed by atoms with van der Waals surface area (Å²) in [5.41, 5.74) is 2.14. The summed E-state index contributed by atoms with van der Waals surface area (Å²) in [4.78, 5) is 4.21. The Hall–Kier alpha value is -0.890. The van der Waals surface area contributed by atoms with Crippen molar-refractivity contribution < 1.29 is 0 Å². The summed E-state index contributed by atoms with van der Waals surface area (Å²) in [7, 11) is 0. The molecule has 1 nitrogen and oxygen atoms in total. The van der Waals surface area contributed by atoms with Crippen molar-refractivity contribution in [2.45, 2.75) is 6.92 Å². The van der Waals surface area contributed by atoms with E-state index in [2.05, 4.69) is 27.5 Å². The molecular formula is C10H10BrN. The van der Waals surface area contributed by atoms with E-state index in [4.69, 9.17) is 0 Å². The molecule has 0 aliphatic rings. The van der Waals surface area contributed by atoms with Gasteiger partial charge >= 0.3 is 0 Å². The quantitative estimate of drug-likeness (QED) is 0.702. The molecule has 0 saturated carbocycles. The Kier molecular flexibility index (Phi) is 3.23. The van der Waals surface area contributed by atoms with E-state index in [0.717, 1.165) is 15.7 Å². The minimum absolute atomic E-state index is 0.948. The number of pyridine rings is 1. The Labute approximate surface area is 81.0 Å². The average Bonchev–Trinajstić information content (AvgIpc) is 2.09. The third kappa shape index (κ3) is 2.31. The van der Waals surface area contributed by atoms with Crippen LogP contribution in [0, 0.1) is 6.92 Å². The summed E-state index contributed by atoms with van der Waals surface area (Å²) in [5.74, 6) is 0. The number of aromatic nitrogens is 1. The highest BCUT2D eigenvalue weighted by Gasteiger charge is 1.93. The van der Waals surface area contributed by atoms with E-state index < -0.39 is 0 Å². The fraction of sp³-hybridized carbons (Fsp3) is 0.100. The van der Waals surface area contributed by atoms with E-state index in [1.807, 2.05) is 25.1 Å². The Morgan fingerprint density at radius 3 is 3.00 bits per heavy atom. The number of aryl methyl sites for hydroxylation is 1. The molecule has 0 bridgehead atoms. The molecule has 0 saturated heterocycles. The van der Waals surface area contributed by atoms with Crippen LogP contribution in [0.3, 0.4) is 0 Å². The molecule has 0 aromatic carbocycles. The highest BCUT2D eigenvalue weighted by molar-refractivity contribution is 9.12. The summed E-state index contributed by atoms with van der Waals surface area (Å²) in [6.45, 7) is 5.67. The Bertz CT molecular complexity index is 315. The molecule has 1 aromatic heterocycles. The van der Waals surface area contributed by atoms with E-state index in [0.29, 0.717) is 0 Å². The first kappa shape index (κ1) is 9.20. The summed E-state index contributed by atoms with van der Waals surface area (Å²) in [5, 5.41) is 0. The fourth-order valence-corrected chi connectivity index (χ4v) is 1.06. The maximum Gasteiger partial charge on any atom is 0.0669 e. The molecule has 0 aliphatic heterocycles. The van der Waals surface area contributed by atoms with Crippen molar-refractivity contribution in [1.29, 1.82) is 0 Å². The van der Waals surface area contributed by atoms with E-state index in [9.17, 15) is 0 Å². The van der Waals surface area contributed by atoms with Crippen LogP contribution in [0.2, 0.25) is 0 Å². The van der Waals surface area contributed by atoms with E-state index in [-0.39, 0.29) is 0 Å². The van der Waals surface area contributed by atoms with Crippen molar-refractivity contribution in [3.8, 4) is 0 Å². The second kappa shape index (κ2) is 4.21. The molecule has 62 valence electrons. The van der Waals surface area contributed by atoms with Gasteiger partial charge in [0.1, 0.15) is 0 Å². The van der Waals surface area contributed by atoms with Gasteiger partial charge in [0, 0.05) is 10.7 Å². The van der Waals surface area contributed by atoms with Crippen molar-refractivity contribution in [1.82, 2.24) is 4.98 Å². The number of nitrogens with zero attached hydrogens (tertiary/aromatic N) is 1. The Balaban J connectivity index is 3.04. The highest BCUT2D eigenvalue weighted by atomic mass is 79.9. The van der Waals surface area contributed by atoms with Gasteiger partial charge in [-0.05, 0) is 24.6 Å². The lowest BCUT2D eigenvalue weighted by molar-refractivity contribution is 1.24. The third-order valence-electron chi connectivity index (χ3n) is 1.52. The van der Waals surface area contributed by atoms with Crippen LogP contribution in [0.4, 0.5) is 0 Å². The maximum atomic E-state index is 4.21. The zero-order valence-electron chi connectivity index (χ0n) is 6.92. The fourth-order valence-electron chi connectivity index (χ4n) is 0.839. The van der Waals surface area contributed by atoms with Crippen molar-refractivity contribution in [2.75, 3.05) is 0 Å². The second-order valence-electron chi connectivity index (χ2n) is 2.44. The topological polar surface area (TPSA) is 12.9 Å². The molecule has 12 heavy (non-hydrogen) atoms. The van der Waals surface area contributed by atoms with Crippen molar-refractivity contribution >= 4 is 22.0 Å². The van der Waals surface area contributed by atoms with Crippen molar-refractivity contribution in [2.24, 2.45) is 0 Å². The minimum Gasteiger partial charge on any atom is -0.257 e. The van der Waals surface area contributed by atoms with Crippen LogP contribution in [-0.4, -0.2) is 4.98 Å². The number of hydrogen-bond acceptors (Lipinski definition) is 1. The summed E-state index contributed by atoms with van der Waals surface area (Å²) < 4.78 is 0.948.